The molecule has 1 saturated heterocycles. The first-order valence-corrected chi connectivity index (χ1v) is 7.92. The van der Waals surface area contributed by atoms with E-state index in [4.69, 9.17) is 9.47 Å². The van der Waals surface area contributed by atoms with Crippen molar-refractivity contribution in [3.63, 3.8) is 0 Å². The van der Waals surface area contributed by atoms with Crippen LogP contribution in [0.1, 0.15) is 31.4 Å². The van der Waals surface area contributed by atoms with Gasteiger partial charge in [-0.25, -0.2) is 0 Å². The van der Waals surface area contributed by atoms with E-state index in [-0.39, 0.29) is 0 Å². The van der Waals surface area contributed by atoms with Crippen molar-refractivity contribution in [2.24, 2.45) is 0 Å². The number of hydrogen-bond donors (Lipinski definition) is 1. The summed E-state index contributed by atoms with van der Waals surface area (Å²) in [5, 5.41) is 3.43. The highest BCUT2D eigenvalue weighted by atomic mass is 16.5. The van der Waals surface area contributed by atoms with Crippen LogP contribution in [0.3, 0.4) is 0 Å². The van der Waals surface area contributed by atoms with E-state index in [0.29, 0.717) is 18.7 Å². The Balaban J connectivity index is 1.94. The molecule has 0 bridgehead atoms. The molecule has 1 aliphatic heterocycles. The van der Waals surface area contributed by atoms with E-state index < -0.39 is 0 Å². The lowest BCUT2D eigenvalue weighted by atomic mass is 10.0. The zero-order chi connectivity index (χ0) is 15.1. The van der Waals surface area contributed by atoms with E-state index in [1.807, 2.05) is 14.0 Å². The average Bonchev–Trinajstić information content (AvgIpc) is 2.54. The molecule has 0 aliphatic carbocycles. The molecule has 1 atom stereocenters. The molecule has 1 heterocycles. The van der Waals surface area contributed by atoms with E-state index in [0.717, 1.165) is 38.3 Å². The second-order valence-electron chi connectivity index (χ2n) is 5.63. The van der Waals surface area contributed by atoms with Crippen molar-refractivity contribution in [3.8, 4) is 5.75 Å². The van der Waals surface area contributed by atoms with Gasteiger partial charge >= 0.3 is 0 Å². The summed E-state index contributed by atoms with van der Waals surface area (Å²) < 4.78 is 11.0. The molecule has 1 fully saturated rings. The molecule has 1 aromatic rings. The van der Waals surface area contributed by atoms with Crippen LogP contribution in [0, 0.1) is 0 Å². The van der Waals surface area contributed by atoms with Crippen LogP contribution in [0.4, 0.5) is 0 Å². The maximum Gasteiger partial charge on any atom is 0.119 e. The van der Waals surface area contributed by atoms with Crippen molar-refractivity contribution in [2.75, 3.05) is 40.5 Å². The first kappa shape index (κ1) is 16.3. The molecule has 4 nitrogen and oxygen atoms in total. The Morgan fingerprint density at radius 3 is 2.52 bits per heavy atom. The predicted molar refractivity (Wildman–Crippen MR) is 85.9 cm³/mol. The maximum absolute atomic E-state index is 5.51. The van der Waals surface area contributed by atoms with Gasteiger partial charge in [-0.05, 0) is 51.6 Å². The minimum absolute atomic E-state index is 0.341. The van der Waals surface area contributed by atoms with Crippen LogP contribution < -0.4 is 10.1 Å². The molecule has 0 aromatic heterocycles. The van der Waals surface area contributed by atoms with Gasteiger partial charge in [-0.2, -0.15) is 0 Å². The summed E-state index contributed by atoms with van der Waals surface area (Å²) in [6.45, 7) is 5.51. The van der Waals surface area contributed by atoms with Crippen LogP contribution in [0.5, 0.6) is 5.75 Å². The van der Waals surface area contributed by atoms with E-state index in [9.17, 15) is 0 Å². The molecule has 0 spiro atoms. The van der Waals surface area contributed by atoms with Gasteiger partial charge < -0.3 is 19.7 Å². The number of rotatable bonds is 7. The average molecular weight is 292 g/mol. The van der Waals surface area contributed by atoms with Crippen LogP contribution in [0.2, 0.25) is 0 Å². The van der Waals surface area contributed by atoms with Gasteiger partial charge in [-0.3, -0.25) is 0 Å². The van der Waals surface area contributed by atoms with Crippen LogP contribution in [0.15, 0.2) is 24.3 Å². The van der Waals surface area contributed by atoms with Gasteiger partial charge in [0.15, 0.2) is 0 Å². The number of hydrogen-bond acceptors (Lipinski definition) is 4. The molecular formula is C17H28N2O2. The summed E-state index contributed by atoms with van der Waals surface area (Å²) in [5.41, 5.74) is 1.31. The first-order valence-electron chi connectivity index (χ1n) is 7.92. The van der Waals surface area contributed by atoms with Crippen molar-refractivity contribution in [1.82, 2.24) is 10.2 Å². The third-order valence-corrected chi connectivity index (χ3v) is 4.23. The molecule has 1 aliphatic rings. The fraction of sp³-hybridized carbons (Fsp3) is 0.647. The zero-order valence-electron chi connectivity index (χ0n) is 13.5. The monoisotopic (exact) mass is 292 g/mol. The lowest BCUT2D eigenvalue weighted by Gasteiger charge is -2.33. The molecular weight excluding hydrogens is 264 g/mol. The highest BCUT2D eigenvalue weighted by molar-refractivity contribution is 5.29. The number of nitrogens with zero attached hydrogens (tertiary/aromatic N) is 1. The third kappa shape index (κ3) is 4.70. The van der Waals surface area contributed by atoms with Gasteiger partial charge in [0.05, 0.1) is 6.61 Å². The van der Waals surface area contributed by atoms with Crippen LogP contribution in [-0.4, -0.2) is 51.4 Å². The van der Waals surface area contributed by atoms with Gasteiger partial charge in [0.2, 0.25) is 0 Å². The Hall–Kier alpha value is -1.10. The summed E-state index contributed by atoms with van der Waals surface area (Å²) in [7, 11) is 4.24. The first-order chi connectivity index (χ1) is 10.2. The number of likely N-dealkylation sites (N-methyl/N-ethyl adjacent to an activating group) is 2. The van der Waals surface area contributed by atoms with Gasteiger partial charge in [-0.15, -0.1) is 0 Å². The van der Waals surface area contributed by atoms with Gasteiger partial charge in [0.25, 0.3) is 0 Å². The summed E-state index contributed by atoms with van der Waals surface area (Å²) in [6.07, 6.45) is 2.27. The van der Waals surface area contributed by atoms with Crippen molar-refractivity contribution >= 4 is 0 Å². The SMILES string of the molecule is CCOc1ccc(C(CN(C)C2CCOCC2)NC)cc1. The van der Waals surface area contributed by atoms with E-state index >= 15 is 0 Å². The van der Waals surface area contributed by atoms with Crippen molar-refractivity contribution in [3.05, 3.63) is 29.8 Å². The highest BCUT2D eigenvalue weighted by Crippen LogP contribution is 2.21. The molecule has 0 amide bonds. The van der Waals surface area contributed by atoms with Crippen molar-refractivity contribution in [1.29, 1.82) is 0 Å². The summed E-state index contributed by atoms with van der Waals surface area (Å²) in [4.78, 5) is 2.46. The van der Waals surface area contributed by atoms with Crippen molar-refractivity contribution < 1.29 is 9.47 Å². The second-order valence-corrected chi connectivity index (χ2v) is 5.63. The lowest BCUT2D eigenvalue weighted by molar-refractivity contribution is 0.0404. The standard InChI is InChI=1S/C17H28N2O2/c1-4-21-16-7-5-14(6-8-16)17(18-2)13-19(3)15-9-11-20-12-10-15/h5-8,15,17-18H,4,9-13H2,1-3H3. The Bertz CT molecular complexity index is 402. The van der Waals surface area contributed by atoms with E-state index in [1.165, 1.54) is 5.56 Å². The van der Waals surface area contributed by atoms with E-state index in [1.54, 1.807) is 0 Å². The quantitative estimate of drug-likeness (QED) is 0.837. The second kappa shape index (κ2) is 8.37. The number of nitrogens with one attached hydrogen (secondary N) is 1. The largest absolute Gasteiger partial charge is 0.494 e. The smallest absolute Gasteiger partial charge is 0.119 e. The molecule has 2 rings (SSSR count). The minimum Gasteiger partial charge on any atom is -0.494 e. The maximum atomic E-state index is 5.51. The summed E-state index contributed by atoms with van der Waals surface area (Å²) >= 11 is 0. The molecule has 4 heteroatoms. The lowest BCUT2D eigenvalue weighted by Crippen LogP contribution is -2.41. The van der Waals surface area contributed by atoms with E-state index in [2.05, 4.69) is 41.5 Å². The molecule has 118 valence electrons. The van der Waals surface area contributed by atoms with Crippen LogP contribution in [0.25, 0.3) is 0 Å². The molecule has 21 heavy (non-hydrogen) atoms. The topological polar surface area (TPSA) is 33.7 Å². The molecule has 1 N–H and O–H groups in total. The third-order valence-electron chi connectivity index (χ3n) is 4.23. The Morgan fingerprint density at radius 2 is 1.95 bits per heavy atom. The fourth-order valence-electron chi connectivity index (χ4n) is 2.89. The summed E-state index contributed by atoms with van der Waals surface area (Å²) in [5.74, 6) is 0.939. The van der Waals surface area contributed by atoms with Crippen LogP contribution >= 0.6 is 0 Å². The predicted octanol–water partition coefficient (Wildman–Crippen LogP) is 2.46. The Morgan fingerprint density at radius 1 is 1.29 bits per heavy atom. The van der Waals surface area contributed by atoms with Gasteiger partial charge in [-0.1, -0.05) is 12.1 Å². The molecule has 0 radical (unpaired) electrons. The zero-order valence-corrected chi connectivity index (χ0v) is 13.5. The van der Waals surface area contributed by atoms with Crippen LogP contribution in [-0.2, 0) is 4.74 Å². The number of ether oxygens (including phenoxy) is 2. The molecule has 1 aromatic carbocycles. The normalized spacial score (nSPS) is 17.9. The van der Waals surface area contributed by atoms with Crippen molar-refractivity contribution in [2.45, 2.75) is 31.8 Å². The summed E-state index contributed by atoms with van der Waals surface area (Å²) in [6, 6.07) is 9.40. The Labute approximate surface area is 128 Å². The number of benzene rings is 1. The highest BCUT2D eigenvalue weighted by Gasteiger charge is 2.21. The molecule has 0 saturated carbocycles. The fourth-order valence-corrected chi connectivity index (χ4v) is 2.89. The van der Waals surface area contributed by atoms with Gasteiger partial charge in [0.1, 0.15) is 5.75 Å². The minimum atomic E-state index is 0.341. The molecule has 1 unspecified atom stereocenters. The van der Waals surface area contributed by atoms with Gasteiger partial charge in [0, 0.05) is 31.8 Å². The Kier molecular flexibility index (Phi) is 6.49.